The SMILES string of the molecule is CN=C(NCc1ccc(-n2ccnc2)c(F)c1)NCC1CCOC1.I. The Morgan fingerprint density at radius 1 is 1.44 bits per heavy atom. The van der Waals surface area contributed by atoms with Gasteiger partial charge in [-0.05, 0) is 24.1 Å². The van der Waals surface area contributed by atoms with Crippen molar-refractivity contribution in [2.45, 2.75) is 13.0 Å². The van der Waals surface area contributed by atoms with Crippen LogP contribution in [-0.4, -0.2) is 42.3 Å². The summed E-state index contributed by atoms with van der Waals surface area (Å²) >= 11 is 0. The summed E-state index contributed by atoms with van der Waals surface area (Å²) in [6, 6.07) is 5.17. The van der Waals surface area contributed by atoms with Crippen LogP contribution >= 0.6 is 24.0 Å². The molecule has 8 heteroatoms. The van der Waals surface area contributed by atoms with E-state index in [9.17, 15) is 4.39 Å². The van der Waals surface area contributed by atoms with Gasteiger partial charge in [-0.2, -0.15) is 0 Å². The third-order valence-electron chi connectivity index (χ3n) is 4.06. The van der Waals surface area contributed by atoms with Crippen molar-refractivity contribution < 1.29 is 9.13 Å². The van der Waals surface area contributed by atoms with Gasteiger partial charge in [0.2, 0.25) is 0 Å². The van der Waals surface area contributed by atoms with Gasteiger partial charge in [0, 0.05) is 45.1 Å². The smallest absolute Gasteiger partial charge is 0.191 e. The van der Waals surface area contributed by atoms with Crippen LogP contribution in [-0.2, 0) is 11.3 Å². The van der Waals surface area contributed by atoms with Gasteiger partial charge in [0.05, 0.1) is 18.6 Å². The summed E-state index contributed by atoms with van der Waals surface area (Å²) in [7, 11) is 1.73. The predicted octanol–water partition coefficient (Wildman–Crippen LogP) is 2.33. The molecule has 2 aromatic rings. The Morgan fingerprint density at radius 3 is 2.96 bits per heavy atom. The molecule has 1 saturated heterocycles. The number of hydrogen-bond donors (Lipinski definition) is 2. The van der Waals surface area contributed by atoms with Crippen LogP contribution in [0.5, 0.6) is 0 Å². The van der Waals surface area contributed by atoms with E-state index in [0.29, 0.717) is 24.1 Å². The number of nitrogens with zero attached hydrogens (tertiary/aromatic N) is 3. The van der Waals surface area contributed by atoms with E-state index in [1.54, 1.807) is 36.4 Å². The maximum Gasteiger partial charge on any atom is 0.191 e. The molecule has 25 heavy (non-hydrogen) atoms. The van der Waals surface area contributed by atoms with Gasteiger partial charge in [0.15, 0.2) is 5.96 Å². The first-order chi connectivity index (χ1) is 11.8. The number of aromatic nitrogens is 2. The summed E-state index contributed by atoms with van der Waals surface area (Å²) in [5, 5.41) is 6.49. The molecule has 0 bridgehead atoms. The highest BCUT2D eigenvalue weighted by Crippen LogP contribution is 2.15. The zero-order chi connectivity index (χ0) is 16.8. The van der Waals surface area contributed by atoms with Crippen molar-refractivity contribution in [3.05, 3.63) is 48.3 Å². The molecule has 2 heterocycles. The van der Waals surface area contributed by atoms with E-state index >= 15 is 0 Å². The van der Waals surface area contributed by atoms with E-state index in [1.807, 2.05) is 6.07 Å². The predicted molar refractivity (Wildman–Crippen MR) is 106 cm³/mol. The van der Waals surface area contributed by atoms with E-state index in [1.165, 1.54) is 6.07 Å². The number of benzene rings is 1. The van der Waals surface area contributed by atoms with E-state index in [0.717, 1.165) is 31.7 Å². The van der Waals surface area contributed by atoms with Crippen molar-refractivity contribution >= 4 is 29.9 Å². The van der Waals surface area contributed by atoms with E-state index < -0.39 is 0 Å². The van der Waals surface area contributed by atoms with Crippen LogP contribution in [0.2, 0.25) is 0 Å². The normalized spacial score (nSPS) is 17.2. The maximum absolute atomic E-state index is 14.2. The lowest BCUT2D eigenvalue weighted by Crippen LogP contribution is -2.39. The molecule has 0 amide bonds. The topological polar surface area (TPSA) is 63.5 Å². The van der Waals surface area contributed by atoms with Crippen molar-refractivity contribution in [3.8, 4) is 5.69 Å². The summed E-state index contributed by atoms with van der Waals surface area (Å²) in [5.74, 6) is 0.954. The van der Waals surface area contributed by atoms with E-state index in [2.05, 4.69) is 20.6 Å². The quantitative estimate of drug-likeness (QED) is 0.410. The molecule has 0 radical (unpaired) electrons. The first kappa shape index (κ1) is 19.6. The fourth-order valence-electron chi connectivity index (χ4n) is 2.66. The van der Waals surface area contributed by atoms with Crippen molar-refractivity contribution in [2.75, 3.05) is 26.8 Å². The van der Waals surface area contributed by atoms with Gasteiger partial charge in [0.1, 0.15) is 5.82 Å². The van der Waals surface area contributed by atoms with Crippen LogP contribution < -0.4 is 10.6 Å². The number of aliphatic imine (C=N–C) groups is 1. The molecule has 1 fully saturated rings. The Balaban J connectivity index is 0.00000225. The van der Waals surface area contributed by atoms with Crippen LogP contribution in [0.4, 0.5) is 4.39 Å². The molecule has 0 saturated carbocycles. The molecule has 6 nitrogen and oxygen atoms in total. The second kappa shape index (κ2) is 9.71. The second-order valence-electron chi connectivity index (χ2n) is 5.79. The Hall–Kier alpha value is -1.68. The minimum absolute atomic E-state index is 0. The second-order valence-corrected chi connectivity index (χ2v) is 5.79. The Morgan fingerprint density at radius 2 is 2.32 bits per heavy atom. The largest absolute Gasteiger partial charge is 0.381 e. The highest BCUT2D eigenvalue weighted by molar-refractivity contribution is 14.0. The minimum Gasteiger partial charge on any atom is -0.381 e. The lowest BCUT2D eigenvalue weighted by Gasteiger charge is -2.15. The van der Waals surface area contributed by atoms with Crippen molar-refractivity contribution in [1.29, 1.82) is 0 Å². The average molecular weight is 459 g/mol. The van der Waals surface area contributed by atoms with Crippen molar-refractivity contribution in [3.63, 3.8) is 0 Å². The average Bonchev–Trinajstić information content (AvgIpc) is 3.29. The monoisotopic (exact) mass is 459 g/mol. The van der Waals surface area contributed by atoms with Crippen LogP contribution in [0, 0.1) is 11.7 Å². The molecular weight excluding hydrogens is 436 g/mol. The molecule has 3 rings (SSSR count). The minimum atomic E-state index is -0.279. The number of ether oxygens (including phenoxy) is 1. The summed E-state index contributed by atoms with van der Waals surface area (Å²) in [6.45, 7) is 2.96. The van der Waals surface area contributed by atoms with Gasteiger partial charge < -0.3 is 19.9 Å². The fraction of sp³-hybridized carbons (Fsp3) is 0.412. The van der Waals surface area contributed by atoms with Crippen LogP contribution in [0.1, 0.15) is 12.0 Å². The molecule has 136 valence electrons. The molecule has 1 unspecified atom stereocenters. The Bertz CT molecular complexity index is 686. The summed E-state index contributed by atoms with van der Waals surface area (Å²) in [4.78, 5) is 8.13. The maximum atomic E-state index is 14.2. The van der Waals surface area contributed by atoms with Gasteiger partial charge in [-0.25, -0.2) is 9.37 Å². The lowest BCUT2D eigenvalue weighted by molar-refractivity contribution is 0.186. The number of nitrogens with one attached hydrogen (secondary N) is 2. The fourth-order valence-corrected chi connectivity index (χ4v) is 2.66. The third-order valence-corrected chi connectivity index (χ3v) is 4.06. The zero-order valence-corrected chi connectivity index (χ0v) is 16.4. The number of hydrogen-bond acceptors (Lipinski definition) is 3. The van der Waals surface area contributed by atoms with Crippen molar-refractivity contribution in [2.24, 2.45) is 10.9 Å². The van der Waals surface area contributed by atoms with Gasteiger partial charge in [0.25, 0.3) is 0 Å². The number of guanidine groups is 1. The lowest BCUT2D eigenvalue weighted by atomic mass is 10.1. The van der Waals surface area contributed by atoms with Gasteiger partial charge in [-0.3, -0.25) is 4.99 Å². The highest BCUT2D eigenvalue weighted by atomic mass is 127. The highest BCUT2D eigenvalue weighted by Gasteiger charge is 2.15. The molecule has 1 aromatic heterocycles. The van der Waals surface area contributed by atoms with Gasteiger partial charge >= 0.3 is 0 Å². The zero-order valence-electron chi connectivity index (χ0n) is 14.1. The Kier molecular flexibility index (Phi) is 7.63. The molecule has 0 aliphatic carbocycles. The van der Waals surface area contributed by atoms with Crippen molar-refractivity contribution in [1.82, 2.24) is 20.2 Å². The third kappa shape index (κ3) is 5.40. The number of halogens is 2. The van der Waals surface area contributed by atoms with Crippen LogP contribution in [0.3, 0.4) is 0 Å². The molecule has 1 aliphatic heterocycles. The van der Waals surface area contributed by atoms with Gasteiger partial charge in [-0.1, -0.05) is 6.07 Å². The molecular formula is C17H23FIN5O. The molecule has 1 aliphatic rings. The molecule has 1 aromatic carbocycles. The van der Waals surface area contributed by atoms with Gasteiger partial charge in [-0.15, -0.1) is 24.0 Å². The first-order valence-corrected chi connectivity index (χ1v) is 8.05. The summed E-state index contributed by atoms with van der Waals surface area (Å²) < 4.78 is 21.2. The summed E-state index contributed by atoms with van der Waals surface area (Å²) in [6.07, 6.45) is 5.99. The van der Waals surface area contributed by atoms with E-state index in [-0.39, 0.29) is 29.8 Å². The molecule has 1 atom stereocenters. The summed E-state index contributed by atoms with van der Waals surface area (Å²) in [5.41, 5.74) is 1.34. The van der Waals surface area contributed by atoms with Crippen LogP contribution in [0.25, 0.3) is 5.69 Å². The number of rotatable bonds is 5. The Labute approximate surface area is 163 Å². The number of imidazole rings is 1. The van der Waals surface area contributed by atoms with E-state index in [4.69, 9.17) is 4.74 Å². The van der Waals surface area contributed by atoms with Crippen LogP contribution in [0.15, 0.2) is 41.9 Å². The standard InChI is InChI=1S/C17H22FN5O.HI/c1-19-17(22-10-14-4-7-24-11-14)21-9-13-2-3-16(15(18)8-13)23-6-5-20-12-23;/h2-3,5-6,8,12,14H,4,7,9-11H2,1H3,(H2,19,21,22);1H. The molecule has 2 N–H and O–H groups in total. The first-order valence-electron chi connectivity index (χ1n) is 8.05. The molecule has 0 spiro atoms.